The van der Waals surface area contributed by atoms with Crippen LogP contribution in [0.15, 0.2) is 18.3 Å². The van der Waals surface area contributed by atoms with Crippen molar-refractivity contribution in [1.82, 2.24) is 10.3 Å². The van der Waals surface area contributed by atoms with Gasteiger partial charge < -0.3 is 11.1 Å². The van der Waals surface area contributed by atoms with Gasteiger partial charge >= 0.3 is 0 Å². The second-order valence-corrected chi connectivity index (χ2v) is 5.07. The van der Waals surface area contributed by atoms with Crippen LogP contribution >= 0.6 is 0 Å². The van der Waals surface area contributed by atoms with Crippen molar-refractivity contribution in [2.45, 2.75) is 27.2 Å². The van der Waals surface area contributed by atoms with Gasteiger partial charge in [-0.05, 0) is 37.4 Å². The van der Waals surface area contributed by atoms with Crippen LogP contribution < -0.4 is 11.1 Å². The molecule has 0 aliphatic heterocycles. The minimum atomic E-state index is -0.0809. The smallest absolute Gasteiger partial charge is 0.252 e. The third kappa shape index (κ3) is 4.53. The number of aromatic nitrogens is 1. The van der Waals surface area contributed by atoms with Crippen molar-refractivity contribution in [1.29, 1.82) is 0 Å². The molecule has 0 aliphatic rings. The third-order valence-corrected chi connectivity index (χ3v) is 2.72. The molecule has 1 aromatic heterocycles. The third-order valence-electron chi connectivity index (χ3n) is 2.72. The van der Waals surface area contributed by atoms with E-state index in [1.165, 1.54) is 0 Å². The fourth-order valence-corrected chi connectivity index (χ4v) is 1.50. The van der Waals surface area contributed by atoms with E-state index in [9.17, 15) is 4.79 Å². The number of aryl methyl sites for hydroxylation is 1. The molecule has 0 fully saturated rings. The minimum Gasteiger partial charge on any atom is -0.351 e. The Balaban J connectivity index is 2.53. The number of nitrogens with zero attached hydrogens (tertiary/aromatic N) is 1. The van der Waals surface area contributed by atoms with Crippen LogP contribution in [0.3, 0.4) is 0 Å². The van der Waals surface area contributed by atoms with Gasteiger partial charge in [-0.25, -0.2) is 0 Å². The second-order valence-electron chi connectivity index (χ2n) is 5.07. The fraction of sp³-hybridized carbons (Fsp3) is 0.538. The molecule has 0 unspecified atom stereocenters. The summed E-state index contributed by atoms with van der Waals surface area (Å²) in [5, 5.41) is 2.91. The van der Waals surface area contributed by atoms with E-state index in [0.29, 0.717) is 18.7 Å². The number of hydrogen-bond acceptors (Lipinski definition) is 3. The van der Waals surface area contributed by atoms with Gasteiger partial charge in [0.2, 0.25) is 0 Å². The van der Waals surface area contributed by atoms with Crippen LogP contribution in [0.5, 0.6) is 0 Å². The van der Waals surface area contributed by atoms with Gasteiger partial charge in [-0.3, -0.25) is 9.78 Å². The number of nitrogens with one attached hydrogen (secondary N) is 1. The van der Waals surface area contributed by atoms with E-state index in [1.807, 2.05) is 13.0 Å². The van der Waals surface area contributed by atoms with Crippen LogP contribution in [0.2, 0.25) is 0 Å². The average molecular weight is 235 g/mol. The lowest BCUT2D eigenvalue weighted by Gasteiger charge is -2.24. The molecule has 94 valence electrons. The normalized spacial score (nSPS) is 11.3. The number of carbonyl (C=O) groups is 1. The van der Waals surface area contributed by atoms with Crippen molar-refractivity contribution >= 4 is 5.91 Å². The molecule has 4 heteroatoms. The highest BCUT2D eigenvalue weighted by Gasteiger charge is 2.18. The van der Waals surface area contributed by atoms with Gasteiger partial charge in [-0.15, -0.1) is 0 Å². The Morgan fingerprint density at radius 3 is 2.71 bits per heavy atom. The van der Waals surface area contributed by atoms with E-state index in [1.54, 1.807) is 12.3 Å². The van der Waals surface area contributed by atoms with Gasteiger partial charge in [0.15, 0.2) is 0 Å². The molecule has 4 nitrogen and oxygen atoms in total. The van der Waals surface area contributed by atoms with Gasteiger partial charge in [0, 0.05) is 18.4 Å². The van der Waals surface area contributed by atoms with Gasteiger partial charge in [0.05, 0.1) is 5.56 Å². The summed E-state index contributed by atoms with van der Waals surface area (Å²) < 4.78 is 0. The number of hydrogen-bond donors (Lipinski definition) is 2. The van der Waals surface area contributed by atoms with Crippen LogP contribution in [-0.2, 0) is 0 Å². The highest BCUT2D eigenvalue weighted by molar-refractivity contribution is 5.93. The first kappa shape index (κ1) is 13.6. The first-order valence-corrected chi connectivity index (χ1v) is 5.85. The highest BCUT2D eigenvalue weighted by atomic mass is 16.1. The second kappa shape index (κ2) is 5.77. The van der Waals surface area contributed by atoms with Crippen LogP contribution in [0.4, 0.5) is 0 Å². The maximum absolute atomic E-state index is 11.8. The summed E-state index contributed by atoms with van der Waals surface area (Å²) in [6.07, 6.45) is 2.49. The molecular formula is C13H21N3O. The van der Waals surface area contributed by atoms with Crippen LogP contribution in [-0.4, -0.2) is 24.0 Å². The van der Waals surface area contributed by atoms with E-state index < -0.39 is 0 Å². The first-order valence-electron chi connectivity index (χ1n) is 5.85. The molecule has 0 saturated heterocycles. The zero-order chi connectivity index (χ0) is 12.9. The fourth-order valence-electron chi connectivity index (χ4n) is 1.50. The Hall–Kier alpha value is -1.42. The Kier molecular flexibility index (Phi) is 4.63. The number of pyridine rings is 1. The molecule has 0 saturated carbocycles. The van der Waals surface area contributed by atoms with Crippen molar-refractivity contribution in [3.63, 3.8) is 0 Å². The summed E-state index contributed by atoms with van der Waals surface area (Å²) in [4.78, 5) is 15.9. The summed E-state index contributed by atoms with van der Waals surface area (Å²) >= 11 is 0. The summed E-state index contributed by atoms with van der Waals surface area (Å²) in [7, 11) is 0. The molecule has 0 bridgehead atoms. The largest absolute Gasteiger partial charge is 0.351 e. The van der Waals surface area contributed by atoms with Crippen LogP contribution in [0.25, 0.3) is 0 Å². The molecule has 1 rings (SSSR count). The molecule has 0 aliphatic carbocycles. The van der Waals surface area contributed by atoms with E-state index in [0.717, 1.165) is 12.1 Å². The van der Waals surface area contributed by atoms with Crippen molar-refractivity contribution in [3.8, 4) is 0 Å². The molecule has 1 aromatic rings. The topological polar surface area (TPSA) is 68.0 Å². The molecule has 3 N–H and O–H groups in total. The molecular weight excluding hydrogens is 214 g/mol. The SMILES string of the molecule is Cc1ccc(C(=O)NCC(C)(C)CCN)cn1. The van der Waals surface area contributed by atoms with Gasteiger partial charge in [0.25, 0.3) is 5.91 Å². The van der Waals surface area contributed by atoms with E-state index in [2.05, 4.69) is 24.1 Å². The average Bonchev–Trinajstić information content (AvgIpc) is 2.27. The molecule has 0 aromatic carbocycles. The Morgan fingerprint density at radius 2 is 2.18 bits per heavy atom. The van der Waals surface area contributed by atoms with E-state index >= 15 is 0 Å². The lowest BCUT2D eigenvalue weighted by Crippen LogP contribution is -2.35. The summed E-state index contributed by atoms with van der Waals surface area (Å²) in [5.41, 5.74) is 7.06. The summed E-state index contributed by atoms with van der Waals surface area (Å²) in [6, 6.07) is 3.62. The van der Waals surface area contributed by atoms with E-state index in [-0.39, 0.29) is 11.3 Å². The van der Waals surface area contributed by atoms with Crippen molar-refractivity contribution in [2.75, 3.05) is 13.1 Å². The number of amides is 1. The molecule has 1 heterocycles. The molecule has 0 radical (unpaired) electrons. The maximum atomic E-state index is 11.8. The summed E-state index contributed by atoms with van der Waals surface area (Å²) in [6.45, 7) is 7.33. The number of carbonyl (C=O) groups excluding carboxylic acids is 1. The van der Waals surface area contributed by atoms with Crippen LogP contribution in [0, 0.1) is 12.3 Å². The first-order chi connectivity index (χ1) is 7.94. The van der Waals surface area contributed by atoms with Crippen LogP contribution in [0.1, 0.15) is 36.3 Å². The molecule has 0 atom stereocenters. The van der Waals surface area contributed by atoms with Crippen molar-refractivity contribution in [3.05, 3.63) is 29.6 Å². The van der Waals surface area contributed by atoms with Gasteiger partial charge in [-0.1, -0.05) is 13.8 Å². The number of nitrogens with two attached hydrogens (primary N) is 1. The monoisotopic (exact) mass is 235 g/mol. The zero-order valence-electron chi connectivity index (χ0n) is 10.8. The van der Waals surface area contributed by atoms with E-state index in [4.69, 9.17) is 5.73 Å². The Morgan fingerprint density at radius 1 is 1.47 bits per heavy atom. The zero-order valence-corrected chi connectivity index (χ0v) is 10.8. The van der Waals surface area contributed by atoms with Gasteiger partial charge in [-0.2, -0.15) is 0 Å². The molecule has 1 amide bonds. The van der Waals surface area contributed by atoms with Crippen molar-refractivity contribution < 1.29 is 4.79 Å². The standard InChI is InChI=1S/C13H21N3O/c1-10-4-5-11(8-15-10)12(17)16-9-13(2,3)6-7-14/h4-5,8H,6-7,9,14H2,1-3H3,(H,16,17). The minimum absolute atomic E-state index is 0.0303. The Labute approximate surface area is 103 Å². The summed E-state index contributed by atoms with van der Waals surface area (Å²) in [5.74, 6) is -0.0809. The maximum Gasteiger partial charge on any atom is 0.252 e. The van der Waals surface area contributed by atoms with Crippen molar-refractivity contribution in [2.24, 2.45) is 11.1 Å². The Bertz CT molecular complexity index is 371. The number of rotatable bonds is 5. The molecule has 0 spiro atoms. The van der Waals surface area contributed by atoms with Gasteiger partial charge in [0.1, 0.15) is 0 Å². The molecule has 17 heavy (non-hydrogen) atoms. The lowest BCUT2D eigenvalue weighted by molar-refractivity contribution is 0.0934. The predicted molar refractivity (Wildman–Crippen MR) is 68.8 cm³/mol. The predicted octanol–water partition coefficient (Wildman–Crippen LogP) is 1.49. The highest BCUT2D eigenvalue weighted by Crippen LogP contribution is 2.17. The lowest BCUT2D eigenvalue weighted by atomic mass is 9.89. The quantitative estimate of drug-likeness (QED) is 0.812.